The smallest absolute Gasteiger partial charge is 0.428 e. The maximum absolute atomic E-state index is 12.6. The van der Waals surface area contributed by atoms with E-state index in [9.17, 15) is 17.6 Å². The largest absolute Gasteiger partial charge is 0.461 e. The lowest BCUT2D eigenvalue weighted by Gasteiger charge is -2.17. The molecular formula is C11H13F4NO2. The van der Waals surface area contributed by atoms with E-state index in [1.165, 1.54) is 12.1 Å². The van der Waals surface area contributed by atoms with Crippen molar-refractivity contribution in [1.82, 2.24) is 0 Å². The highest BCUT2D eigenvalue weighted by molar-refractivity contribution is 5.29. The van der Waals surface area contributed by atoms with E-state index in [1.807, 2.05) is 0 Å². The summed E-state index contributed by atoms with van der Waals surface area (Å²) in [5, 5.41) is 8.68. The van der Waals surface area contributed by atoms with Crippen molar-refractivity contribution in [2.75, 3.05) is 6.61 Å². The molecule has 0 saturated heterocycles. The molecule has 0 aliphatic heterocycles. The number of hydrogen-bond donors (Lipinski definition) is 2. The van der Waals surface area contributed by atoms with Gasteiger partial charge in [0.2, 0.25) is 0 Å². The van der Waals surface area contributed by atoms with Gasteiger partial charge in [0, 0.05) is 12.6 Å². The Morgan fingerprint density at radius 2 is 1.78 bits per heavy atom. The molecule has 0 aliphatic rings. The van der Waals surface area contributed by atoms with E-state index < -0.39 is 18.6 Å². The number of aliphatic hydroxyl groups is 1. The van der Waals surface area contributed by atoms with E-state index in [2.05, 4.69) is 4.74 Å². The zero-order valence-corrected chi connectivity index (χ0v) is 9.32. The van der Waals surface area contributed by atoms with Crippen LogP contribution in [0.4, 0.5) is 17.6 Å². The highest BCUT2D eigenvalue weighted by Gasteiger charge is 2.43. The van der Waals surface area contributed by atoms with Gasteiger partial charge in [-0.1, -0.05) is 12.1 Å². The molecule has 3 N–H and O–H groups in total. The van der Waals surface area contributed by atoms with E-state index >= 15 is 0 Å². The topological polar surface area (TPSA) is 55.5 Å². The summed E-state index contributed by atoms with van der Waals surface area (Å²) in [6, 6.07) is 4.58. The molecule has 0 unspecified atom stereocenters. The van der Waals surface area contributed by atoms with E-state index in [0.717, 1.165) is 12.1 Å². The minimum absolute atomic E-state index is 0.108. The first kappa shape index (κ1) is 14.7. The third-order valence-electron chi connectivity index (χ3n) is 2.26. The second kappa shape index (κ2) is 6.01. The number of rotatable bonds is 6. The molecule has 1 aromatic rings. The van der Waals surface area contributed by atoms with Gasteiger partial charge in [0.15, 0.2) is 0 Å². The van der Waals surface area contributed by atoms with Crippen LogP contribution in [-0.4, -0.2) is 24.2 Å². The molecule has 0 aliphatic carbocycles. The Morgan fingerprint density at radius 1 is 1.22 bits per heavy atom. The normalized spacial score (nSPS) is 13.7. The van der Waals surface area contributed by atoms with Gasteiger partial charge in [-0.05, 0) is 24.1 Å². The second-order valence-corrected chi connectivity index (χ2v) is 3.65. The van der Waals surface area contributed by atoms with Gasteiger partial charge in [-0.15, -0.1) is 0 Å². The second-order valence-electron chi connectivity index (χ2n) is 3.65. The van der Waals surface area contributed by atoms with Gasteiger partial charge in [-0.25, -0.2) is 0 Å². The zero-order valence-electron chi connectivity index (χ0n) is 9.32. The lowest BCUT2D eigenvalue weighted by Crippen LogP contribution is -2.33. The third kappa shape index (κ3) is 3.85. The van der Waals surface area contributed by atoms with Crippen LogP contribution in [0.2, 0.25) is 0 Å². The minimum atomic E-state index is -4.52. The molecule has 0 aromatic heterocycles. The summed E-state index contributed by atoms with van der Waals surface area (Å²) >= 11 is 0. The van der Waals surface area contributed by atoms with Gasteiger partial charge >= 0.3 is 12.5 Å². The first-order valence-electron chi connectivity index (χ1n) is 5.18. The van der Waals surface area contributed by atoms with Crippen LogP contribution >= 0.6 is 0 Å². The molecule has 0 bridgehead atoms. The molecule has 0 spiro atoms. The maximum Gasteiger partial charge on any atom is 0.461 e. The van der Waals surface area contributed by atoms with E-state index in [0.29, 0.717) is 12.0 Å². The van der Waals surface area contributed by atoms with Crippen LogP contribution in [-0.2, 0) is 0 Å². The molecule has 0 saturated carbocycles. The van der Waals surface area contributed by atoms with Gasteiger partial charge in [0.1, 0.15) is 5.75 Å². The summed E-state index contributed by atoms with van der Waals surface area (Å²) in [4.78, 5) is 0. The summed E-state index contributed by atoms with van der Waals surface area (Å²) in [6.45, 7) is -0.108. The van der Waals surface area contributed by atoms with Crippen LogP contribution in [0.15, 0.2) is 24.3 Å². The Bertz CT molecular complexity index is 370. The Labute approximate surface area is 101 Å². The summed E-state index contributed by atoms with van der Waals surface area (Å²) in [7, 11) is 0. The SMILES string of the molecule is N[C@H](CCO)c1ccc(OC(F)(F)C(F)F)cc1. The van der Waals surface area contributed by atoms with Crippen molar-refractivity contribution in [1.29, 1.82) is 0 Å². The molecule has 102 valence electrons. The number of aliphatic hydroxyl groups excluding tert-OH is 1. The van der Waals surface area contributed by atoms with Crippen molar-refractivity contribution in [2.45, 2.75) is 25.0 Å². The summed E-state index contributed by atoms with van der Waals surface area (Å²) in [5.74, 6) is -0.375. The fourth-order valence-electron chi connectivity index (χ4n) is 1.29. The van der Waals surface area contributed by atoms with Crippen LogP contribution in [0.3, 0.4) is 0 Å². The van der Waals surface area contributed by atoms with E-state index in [1.54, 1.807) is 0 Å². The van der Waals surface area contributed by atoms with Crippen molar-refractivity contribution in [3.8, 4) is 5.75 Å². The monoisotopic (exact) mass is 267 g/mol. The number of ether oxygens (including phenoxy) is 1. The molecule has 0 amide bonds. The van der Waals surface area contributed by atoms with Crippen LogP contribution < -0.4 is 10.5 Å². The first-order chi connectivity index (χ1) is 8.36. The molecular weight excluding hydrogens is 254 g/mol. The molecule has 1 atom stereocenters. The Balaban J connectivity index is 2.71. The minimum Gasteiger partial charge on any atom is -0.428 e. The quantitative estimate of drug-likeness (QED) is 0.778. The number of alkyl halides is 4. The summed E-state index contributed by atoms with van der Waals surface area (Å²) in [5.41, 5.74) is 6.26. The Kier molecular flexibility index (Phi) is 4.92. The lowest BCUT2D eigenvalue weighted by molar-refractivity contribution is -0.253. The Morgan fingerprint density at radius 3 is 2.22 bits per heavy atom. The van der Waals surface area contributed by atoms with Crippen molar-refractivity contribution in [3.63, 3.8) is 0 Å². The number of nitrogens with two attached hydrogens (primary N) is 1. The van der Waals surface area contributed by atoms with Crippen LogP contribution in [0.25, 0.3) is 0 Å². The van der Waals surface area contributed by atoms with E-state index in [-0.39, 0.29) is 12.4 Å². The molecule has 18 heavy (non-hydrogen) atoms. The fourth-order valence-corrected chi connectivity index (χ4v) is 1.29. The molecule has 0 heterocycles. The predicted octanol–water partition coefficient (Wildman–Crippen LogP) is 2.31. The van der Waals surface area contributed by atoms with Gasteiger partial charge in [0.25, 0.3) is 0 Å². The summed E-state index contributed by atoms with van der Waals surface area (Å²) in [6.07, 6.45) is -8.10. The lowest BCUT2D eigenvalue weighted by atomic mass is 10.1. The van der Waals surface area contributed by atoms with Gasteiger partial charge in [-0.3, -0.25) is 0 Å². The number of halogens is 4. The third-order valence-corrected chi connectivity index (χ3v) is 2.26. The van der Waals surface area contributed by atoms with Crippen molar-refractivity contribution in [2.24, 2.45) is 5.73 Å². The van der Waals surface area contributed by atoms with Gasteiger partial charge in [-0.2, -0.15) is 17.6 Å². The Hall–Kier alpha value is -1.34. The molecule has 0 fully saturated rings. The maximum atomic E-state index is 12.6. The molecule has 1 aromatic carbocycles. The van der Waals surface area contributed by atoms with Crippen molar-refractivity contribution >= 4 is 0 Å². The summed E-state index contributed by atoms with van der Waals surface area (Å²) < 4.78 is 52.8. The fraction of sp³-hybridized carbons (Fsp3) is 0.455. The van der Waals surface area contributed by atoms with Gasteiger partial charge < -0.3 is 15.6 Å². The van der Waals surface area contributed by atoms with Crippen molar-refractivity contribution < 1.29 is 27.4 Å². The van der Waals surface area contributed by atoms with Crippen LogP contribution in [0, 0.1) is 0 Å². The first-order valence-corrected chi connectivity index (χ1v) is 5.18. The average Bonchev–Trinajstić information content (AvgIpc) is 2.29. The van der Waals surface area contributed by atoms with Gasteiger partial charge in [0.05, 0.1) is 0 Å². The molecule has 7 heteroatoms. The number of benzene rings is 1. The molecule has 0 radical (unpaired) electrons. The zero-order chi connectivity index (χ0) is 13.8. The van der Waals surface area contributed by atoms with Crippen molar-refractivity contribution in [3.05, 3.63) is 29.8 Å². The predicted molar refractivity (Wildman–Crippen MR) is 56.7 cm³/mol. The molecule has 1 rings (SSSR count). The highest BCUT2D eigenvalue weighted by Crippen LogP contribution is 2.28. The van der Waals surface area contributed by atoms with E-state index in [4.69, 9.17) is 10.8 Å². The average molecular weight is 267 g/mol. The standard InChI is InChI=1S/C11H13F4NO2/c12-10(13)11(14,15)18-8-3-1-7(2-4-8)9(16)5-6-17/h1-4,9-10,17H,5-6,16H2/t9-/m1/s1. The molecule has 3 nitrogen and oxygen atoms in total. The van der Waals surface area contributed by atoms with Crippen LogP contribution in [0.5, 0.6) is 5.75 Å². The number of hydrogen-bond acceptors (Lipinski definition) is 3. The highest BCUT2D eigenvalue weighted by atomic mass is 19.3. The van der Waals surface area contributed by atoms with Crippen LogP contribution in [0.1, 0.15) is 18.0 Å².